The van der Waals surface area contributed by atoms with E-state index in [-0.39, 0.29) is 28.0 Å². The summed E-state index contributed by atoms with van der Waals surface area (Å²) in [6.45, 7) is 3.31. The largest absolute Gasteiger partial charge is 0.486 e. The fourth-order valence-corrected chi connectivity index (χ4v) is 3.06. The van der Waals surface area contributed by atoms with Crippen LogP contribution in [-0.4, -0.2) is 25.2 Å². The predicted molar refractivity (Wildman–Crippen MR) is 102 cm³/mol. The van der Waals surface area contributed by atoms with Crippen molar-refractivity contribution in [3.63, 3.8) is 0 Å². The molecule has 1 aliphatic heterocycles. The van der Waals surface area contributed by atoms with E-state index in [1.165, 1.54) is 32.2 Å². The first kappa shape index (κ1) is 18.5. The Bertz CT molecular complexity index is 1190. The molecular weight excluding hydrogens is 380 g/mol. The van der Waals surface area contributed by atoms with Crippen LogP contribution >= 0.6 is 0 Å². The topological polar surface area (TPSA) is 101 Å². The van der Waals surface area contributed by atoms with Crippen LogP contribution in [0.15, 0.2) is 45.8 Å². The molecule has 0 bridgehead atoms. The van der Waals surface area contributed by atoms with Crippen LogP contribution in [0.1, 0.15) is 13.8 Å². The van der Waals surface area contributed by atoms with Crippen LogP contribution in [0.3, 0.4) is 0 Å². The van der Waals surface area contributed by atoms with Crippen molar-refractivity contribution in [3.05, 3.63) is 46.8 Å². The molecule has 2 aromatic carbocycles. The van der Waals surface area contributed by atoms with Crippen LogP contribution in [0, 0.1) is 0 Å². The van der Waals surface area contributed by atoms with Gasteiger partial charge in [-0.3, -0.25) is 14.4 Å². The van der Waals surface area contributed by atoms with Crippen LogP contribution < -0.4 is 24.4 Å². The molecule has 0 N–H and O–H groups in total. The quantitative estimate of drug-likeness (QED) is 0.492. The molecule has 0 fully saturated rings. The molecule has 0 unspecified atom stereocenters. The summed E-state index contributed by atoms with van der Waals surface area (Å²) in [5.74, 6) is -0.0323. The minimum absolute atomic E-state index is 0.0561. The zero-order valence-corrected chi connectivity index (χ0v) is 15.6. The number of esters is 2. The molecule has 148 valence electrons. The average Bonchev–Trinajstić information content (AvgIpc) is 2.66. The zero-order chi connectivity index (χ0) is 20.5. The monoisotopic (exact) mass is 396 g/mol. The van der Waals surface area contributed by atoms with Gasteiger partial charge in [-0.2, -0.15) is 0 Å². The third-order valence-electron chi connectivity index (χ3n) is 4.18. The molecule has 0 atom stereocenters. The van der Waals surface area contributed by atoms with E-state index in [9.17, 15) is 14.4 Å². The lowest BCUT2D eigenvalue weighted by Gasteiger charge is -2.18. The summed E-state index contributed by atoms with van der Waals surface area (Å²) in [6, 6.07) is 7.80. The highest BCUT2D eigenvalue weighted by Gasteiger charge is 2.19. The summed E-state index contributed by atoms with van der Waals surface area (Å²) >= 11 is 0. The Balaban J connectivity index is 1.89. The van der Waals surface area contributed by atoms with Gasteiger partial charge in [-0.15, -0.1) is 0 Å². The molecule has 0 amide bonds. The van der Waals surface area contributed by atoms with Gasteiger partial charge < -0.3 is 23.4 Å². The molecule has 0 radical (unpaired) electrons. The summed E-state index contributed by atoms with van der Waals surface area (Å²) < 4.78 is 26.9. The molecule has 8 heteroatoms. The smallest absolute Gasteiger partial charge is 0.308 e. The van der Waals surface area contributed by atoms with Gasteiger partial charge in [0.25, 0.3) is 0 Å². The number of carbonyl (C=O) groups excluding carboxylic acids is 2. The highest BCUT2D eigenvalue weighted by Crippen LogP contribution is 2.35. The van der Waals surface area contributed by atoms with Gasteiger partial charge >= 0.3 is 11.9 Å². The van der Waals surface area contributed by atoms with Gasteiger partial charge in [0.2, 0.25) is 5.43 Å². The summed E-state index contributed by atoms with van der Waals surface area (Å²) in [6.07, 6.45) is 1.30. The molecule has 29 heavy (non-hydrogen) atoms. The molecular formula is C21H16O8. The molecule has 2 heterocycles. The van der Waals surface area contributed by atoms with Gasteiger partial charge in [0, 0.05) is 26.0 Å². The maximum atomic E-state index is 13.2. The van der Waals surface area contributed by atoms with Crippen LogP contribution in [-0.2, 0) is 9.59 Å². The lowest BCUT2D eigenvalue weighted by atomic mass is 10.0. The maximum Gasteiger partial charge on any atom is 0.308 e. The first-order valence-corrected chi connectivity index (χ1v) is 8.79. The first-order chi connectivity index (χ1) is 13.9. The Kier molecular flexibility index (Phi) is 4.67. The SMILES string of the molecule is CC(=O)Oc1cc(OC(C)=O)c2c(=O)c(-c3ccc4c(c3)OCCO4)coc2c1. The third kappa shape index (κ3) is 3.64. The van der Waals surface area contributed by atoms with Gasteiger partial charge in [0.05, 0.1) is 5.56 Å². The Morgan fingerprint density at radius 1 is 0.931 bits per heavy atom. The normalized spacial score (nSPS) is 12.5. The molecule has 1 aromatic heterocycles. The van der Waals surface area contributed by atoms with E-state index in [4.69, 9.17) is 23.4 Å². The Morgan fingerprint density at radius 2 is 1.66 bits per heavy atom. The standard InChI is InChI=1S/C21H16O8/c1-11(22)28-14-8-18-20(19(9-14)29-12(2)23)21(24)15(10-27-18)13-3-4-16-17(7-13)26-6-5-25-16/h3-4,7-10H,5-6H2,1-2H3. The minimum Gasteiger partial charge on any atom is -0.486 e. The van der Waals surface area contributed by atoms with Crippen molar-refractivity contribution in [2.45, 2.75) is 13.8 Å². The van der Waals surface area contributed by atoms with E-state index < -0.39 is 17.4 Å². The zero-order valence-electron chi connectivity index (χ0n) is 15.6. The Morgan fingerprint density at radius 3 is 2.38 bits per heavy atom. The fourth-order valence-electron chi connectivity index (χ4n) is 3.06. The highest BCUT2D eigenvalue weighted by atomic mass is 16.6. The fraction of sp³-hybridized carbons (Fsp3) is 0.190. The van der Waals surface area contributed by atoms with Crippen molar-refractivity contribution in [1.82, 2.24) is 0 Å². The van der Waals surface area contributed by atoms with Gasteiger partial charge in [-0.05, 0) is 17.7 Å². The molecule has 0 spiro atoms. The number of ether oxygens (including phenoxy) is 4. The number of hydrogen-bond acceptors (Lipinski definition) is 8. The van der Waals surface area contributed by atoms with E-state index in [2.05, 4.69) is 0 Å². The van der Waals surface area contributed by atoms with Crippen LogP contribution in [0.4, 0.5) is 0 Å². The first-order valence-electron chi connectivity index (χ1n) is 8.79. The maximum absolute atomic E-state index is 13.2. The van der Waals surface area contributed by atoms with E-state index in [0.717, 1.165) is 0 Å². The van der Waals surface area contributed by atoms with E-state index in [1.807, 2.05) is 0 Å². The second-order valence-corrected chi connectivity index (χ2v) is 6.32. The summed E-state index contributed by atoms with van der Waals surface area (Å²) in [4.78, 5) is 36.0. The third-order valence-corrected chi connectivity index (χ3v) is 4.18. The predicted octanol–water partition coefficient (Wildman–Crippen LogP) is 3.08. The van der Waals surface area contributed by atoms with Crippen molar-refractivity contribution in [2.75, 3.05) is 13.2 Å². The molecule has 4 rings (SSSR count). The van der Waals surface area contributed by atoms with Crippen molar-refractivity contribution in [2.24, 2.45) is 0 Å². The summed E-state index contributed by atoms with van der Waals surface area (Å²) in [5, 5.41) is 0.0588. The number of carbonyl (C=O) groups is 2. The number of benzene rings is 2. The Labute approximate surface area is 164 Å². The molecule has 0 saturated heterocycles. The lowest BCUT2D eigenvalue weighted by molar-refractivity contribution is -0.132. The lowest BCUT2D eigenvalue weighted by Crippen LogP contribution is -2.15. The molecule has 8 nitrogen and oxygen atoms in total. The molecule has 0 aliphatic carbocycles. The van der Waals surface area contributed by atoms with Crippen LogP contribution in [0.5, 0.6) is 23.0 Å². The van der Waals surface area contributed by atoms with Gasteiger partial charge in [-0.25, -0.2) is 0 Å². The summed E-state index contributed by atoms with van der Waals surface area (Å²) in [5.41, 5.74) is 0.519. The molecule has 3 aromatic rings. The van der Waals surface area contributed by atoms with Crippen molar-refractivity contribution >= 4 is 22.9 Å². The minimum atomic E-state index is -0.629. The average molecular weight is 396 g/mol. The number of fused-ring (bicyclic) bond motifs is 2. The Hall–Kier alpha value is -3.81. The van der Waals surface area contributed by atoms with Crippen molar-refractivity contribution in [3.8, 4) is 34.1 Å². The second kappa shape index (κ2) is 7.31. The molecule has 1 aliphatic rings. The van der Waals surface area contributed by atoms with Gasteiger partial charge in [0.1, 0.15) is 41.9 Å². The molecule has 0 saturated carbocycles. The summed E-state index contributed by atoms with van der Waals surface area (Å²) in [7, 11) is 0. The number of rotatable bonds is 3. The van der Waals surface area contributed by atoms with Crippen molar-refractivity contribution in [1.29, 1.82) is 0 Å². The van der Waals surface area contributed by atoms with E-state index in [0.29, 0.717) is 30.3 Å². The van der Waals surface area contributed by atoms with Gasteiger partial charge in [0.15, 0.2) is 11.5 Å². The van der Waals surface area contributed by atoms with Crippen LogP contribution in [0.2, 0.25) is 0 Å². The van der Waals surface area contributed by atoms with Crippen LogP contribution in [0.25, 0.3) is 22.1 Å². The number of hydrogen-bond donors (Lipinski definition) is 0. The van der Waals surface area contributed by atoms with Gasteiger partial charge in [-0.1, -0.05) is 6.07 Å². The van der Waals surface area contributed by atoms with E-state index in [1.54, 1.807) is 18.2 Å². The van der Waals surface area contributed by atoms with Crippen molar-refractivity contribution < 1.29 is 33.0 Å². The van der Waals surface area contributed by atoms with E-state index >= 15 is 0 Å². The second-order valence-electron chi connectivity index (χ2n) is 6.32. The highest BCUT2D eigenvalue weighted by molar-refractivity contribution is 5.91.